The summed E-state index contributed by atoms with van der Waals surface area (Å²) in [6.45, 7) is 9.42. The second kappa shape index (κ2) is 8.89. The van der Waals surface area contributed by atoms with Crippen molar-refractivity contribution in [2.24, 2.45) is 0 Å². The van der Waals surface area contributed by atoms with Crippen molar-refractivity contribution in [3.8, 4) is 0 Å². The Bertz CT molecular complexity index is 206. The third-order valence-corrected chi connectivity index (χ3v) is 4.10. The number of likely N-dealkylation sites (N-methyl/N-ethyl adjacent to an activating group) is 1. The van der Waals surface area contributed by atoms with Crippen molar-refractivity contribution in [1.82, 2.24) is 15.1 Å². The van der Waals surface area contributed by atoms with E-state index in [-0.39, 0.29) is 0 Å². The Morgan fingerprint density at radius 3 is 2.67 bits per heavy atom. The average molecular weight is 255 g/mol. The predicted octanol–water partition coefficient (Wildman–Crippen LogP) is 2.18. The summed E-state index contributed by atoms with van der Waals surface area (Å²) in [7, 11) is 4.44. The molecule has 1 fully saturated rings. The zero-order valence-corrected chi connectivity index (χ0v) is 12.9. The lowest BCUT2D eigenvalue weighted by molar-refractivity contribution is 0.0908. The van der Waals surface area contributed by atoms with E-state index in [1.165, 1.54) is 51.7 Å². The molecule has 1 rings (SSSR count). The van der Waals surface area contributed by atoms with Gasteiger partial charge in [0.2, 0.25) is 0 Å². The number of nitrogens with one attached hydrogen (secondary N) is 1. The Labute approximate surface area is 114 Å². The molecule has 0 saturated carbocycles. The molecule has 2 atom stereocenters. The third kappa shape index (κ3) is 5.25. The molecule has 1 saturated heterocycles. The second-order valence-electron chi connectivity index (χ2n) is 5.90. The maximum Gasteiger partial charge on any atom is 0.0221 e. The second-order valence-corrected chi connectivity index (χ2v) is 5.90. The van der Waals surface area contributed by atoms with Gasteiger partial charge in [-0.15, -0.1) is 0 Å². The van der Waals surface area contributed by atoms with Crippen LogP contribution in [0.4, 0.5) is 0 Å². The Kier molecular flexibility index (Phi) is 7.87. The Hall–Kier alpha value is -0.120. The van der Waals surface area contributed by atoms with E-state index in [2.05, 4.69) is 43.1 Å². The molecule has 108 valence electrons. The molecule has 1 aliphatic heterocycles. The third-order valence-electron chi connectivity index (χ3n) is 4.10. The van der Waals surface area contributed by atoms with Gasteiger partial charge in [0.1, 0.15) is 0 Å². The van der Waals surface area contributed by atoms with Gasteiger partial charge in [0.25, 0.3) is 0 Å². The minimum absolute atomic E-state index is 0.740. The molecule has 1 aliphatic rings. The van der Waals surface area contributed by atoms with Gasteiger partial charge in [-0.05, 0) is 52.9 Å². The fraction of sp³-hybridized carbons (Fsp3) is 1.00. The van der Waals surface area contributed by atoms with Gasteiger partial charge in [0, 0.05) is 25.2 Å². The van der Waals surface area contributed by atoms with Crippen LogP contribution in [0, 0.1) is 0 Å². The van der Waals surface area contributed by atoms with Crippen LogP contribution in [0.5, 0.6) is 0 Å². The lowest BCUT2D eigenvalue weighted by Gasteiger charge is -2.40. The summed E-state index contributed by atoms with van der Waals surface area (Å²) in [5.41, 5.74) is 0. The maximum absolute atomic E-state index is 3.61. The van der Waals surface area contributed by atoms with Crippen LogP contribution < -0.4 is 5.32 Å². The van der Waals surface area contributed by atoms with Crippen LogP contribution in [-0.2, 0) is 0 Å². The summed E-state index contributed by atoms with van der Waals surface area (Å²) in [5, 5.41) is 3.61. The molecular weight excluding hydrogens is 222 g/mol. The van der Waals surface area contributed by atoms with Crippen LogP contribution in [0.2, 0.25) is 0 Å². The predicted molar refractivity (Wildman–Crippen MR) is 80.1 cm³/mol. The molecule has 0 bridgehead atoms. The van der Waals surface area contributed by atoms with Gasteiger partial charge in [-0.3, -0.25) is 4.90 Å². The molecule has 0 radical (unpaired) electrons. The van der Waals surface area contributed by atoms with Gasteiger partial charge in [0.15, 0.2) is 0 Å². The highest BCUT2D eigenvalue weighted by molar-refractivity contribution is 4.83. The topological polar surface area (TPSA) is 18.5 Å². The molecule has 1 heterocycles. The molecule has 1 N–H and O–H groups in total. The van der Waals surface area contributed by atoms with E-state index in [1.54, 1.807) is 0 Å². The van der Waals surface area contributed by atoms with Gasteiger partial charge in [0.05, 0.1) is 0 Å². The molecule has 0 amide bonds. The highest BCUT2D eigenvalue weighted by Crippen LogP contribution is 2.18. The summed E-state index contributed by atoms with van der Waals surface area (Å²) in [6.07, 6.45) is 6.58. The van der Waals surface area contributed by atoms with Crippen LogP contribution in [0.15, 0.2) is 0 Å². The van der Waals surface area contributed by atoms with E-state index in [4.69, 9.17) is 0 Å². The lowest BCUT2D eigenvalue weighted by atomic mass is 10.0. The highest BCUT2D eigenvalue weighted by Gasteiger charge is 2.26. The van der Waals surface area contributed by atoms with Crippen LogP contribution in [-0.4, -0.2) is 62.2 Å². The molecule has 3 nitrogen and oxygen atoms in total. The zero-order chi connectivity index (χ0) is 13.4. The van der Waals surface area contributed by atoms with Crippen molar-refractivity contribution in [3.63, 3.8) is 0 Å². The van der Waals surface area contributed by atoms with E-state index in [0.717, 1.165) is 18.6 Å². The Balaban J connectivity index is 2.44. The van der Waals surface area contributed by atoms with E-state index >= 15 is 0 Å². The molecule has 3 heteroatoms. The fourth-order valence-electron chi connectivity index (χ4n) is 2.93. The first-order valence-corrected chi connectivity index (χ1v) is 7.80. The monoisotopic (exact) mass is 255 g/mol. The quantitative estimate of drug-likeness (QED) is 0.671. The maximum atomic E-state index is 3.61. The molecular formula is C15H33N3. The van der Waals surface area contributed by atoms with Gasteiger partial charge in [-0.1, -0.05) is 20.3 Å². The number of piperidine rings is 1. The summed E-state index contributed by atoms with van der Waals surface area (Å²) in [4.78, 5) is 5.12. The summed E-state index contributed by atoms with van der Waals surface area (Å²) >= 11 is 0. The van der Waals surface area contributed by atoms with E-state index in [9.17, 15) is 0 Å². The van der Waals surface area contributed by atoms with Crippen molar-refractivity contribution in [2.75, 3.05) is 40.3 Å². The SMILES string of the molecule is CCCNCC(CCC)N1CCCC(N(C)C)C1. The molecule has 0 aliphatic carbocycles. The van der Waals surface area contributed by atoms with E-state index in [0.29, 0.717) is 0 Å². The van der Waals surface area contributed by atoms with Crippen molar-refractivity contribution < 1.29 is 0 Å². The van der Waals surface area contributed by atoms with Gasteiger partial charge < -0.3 is 10.2 Å². The molecule has 18 heavy (non-hydrogen) atoms. The van der Waals surface area contributed by atoms with E-state index in [1.807, 2.05) is 0 Å². The fourth-order valence-corrected chi connectivity index (χ4v) is 2.93. The minimum Gasteiger partial charge on any atom is -0.315 e. The molecule has 0 aromatic heterocycles. The molecule has 0 spiro atoms. The first kappa shape index (κ1) is 15.9. The van der Waals surface area contributed by atoms with Gasteiger partial charge in [-0.25, -0.2) is 0 Å². The van der Waals surface area contributed by atoms with Crippen molar-refractivity contribution >= 4 is 0 Å². The average Bonchev–Trinajstić information content (AvgIpc) is 2.38. The number of rotatable bonds is 8. The summed E-state index contributed by atoms with van der Waals surface area (Å²) in [5.74, 6) is 0. The van der Waals surface area contributed by atoms with Crippen molar-refractivity contribution in [3.05, 3.63) is 0 Å². The number of likely N-dealkylation sites (tertiary alicyclic amines) is 1. The highest BCUT2D eigenvalue weighted by atomic mass is 15.2. The number of hydrogen-bond donors (Lipinski definition) is 1. The van der Waals surface area contributed by atoms with Gasteiger partial charge in [-0.2, -0.15) is 0 Å². The van der Waals surface area contributed by atoms with Crippen LogP contribution in [0.3, 0.4) is 0 Å². The molecule has 0 aromatic rings. The standard InChI is InChI=1S/C15H33N3/c1-5-8-14(12-16-10-6-2)18-11-7-9-15(13-18)17(3)4/h14-16H,5-13H2,1-4H3. The largest absolute Gasteiger partial charge is 0.315 e. The van der Waals surface area contributed by atoms with Crippen LogP contribution in [0.1, 0.15) is 46.0 Å². The molecule has 2 unspecified atom stereocenters. The van der Waals surface area contributed by atoms with Crippen molar-refractivity contribution in [2.45, 2.75) is 58.0 Å². The first-order valence-electron chi connectivity index (χ1n) is 7.80. The van der Waals surface area contributed by atoms with Crippen molar-refractivity contribution in [1.29, 1.82) is 0 Å². The smallest absolute Gasteiger partial charge is 0.0221 e. The molecule has 0 aromatic carbocycles. The summed E-state index contributed by atoms with van der Waals surface area (Å²) < 4.78 is 0. The summed E-state index contributed by atoms with van der Waals surface area (Å²) in [6, 6.07) is 1.49. The first-order chi connectivity index (χ1) is 8.69. The number of nitrogens with zero attached hydrogens (tertiary/aromatic N) is 2. The lowest BCUT2D eigenvalue weighted by Crippen LogP contribution is -2.51. The van der Waals surface area contributed by atoms with E-state index < -0.39 is 0 Å². The minimum atomic E-state index is 0.740. The van der Waals surface area contributed by atoms with Crippen LogP contribution >= 0.6 is 0 Å². The Morgan fingerprint density at radius 1 is 1.28 bits per heavy atom. The normalized spacial score (nSPS) is 23.5. The number of hydrogen-bond acceptors (Lipinski definition) is 3. The Morgan fingerprint density at radius 2 is 2.06 bits per heavy atom. The zero-order valence-electron chi connectivity index (χ0n) is 12.9. The van der Waals surface area contributed by atoms with Crippen LogP contribution in [0.25, 0.3) is 0 Å². The van der Waals surface area contributed by atoms with Gasteiger partial charge >= 0.3 is 0 Å².